The molecule has 144 valence electrons. The van der Waals surface area contributed by atoms with E-state index in [0.717, 1.165) is 0 Å². The zero-order chi connectivity index (χ0) is 19.0. The molecular weight excluding hydrogens is 365 g/mol. The monoisotopic (exact) mass is 382 g/mol. The van der Waals surface area contributed by atoms with Crippen LogP contribution in [0.5, 0.6) is 11.5 Å². The van der Waals surface area contributed by atoms with Crippen molar-refractivity contribution in [3.63, 3.8) is 0 Å². The van der Waals surface area contributed by atoms with E-state index in [4.69, 9.17) is 9.47 Å². The molecule has 0 fully saturated rings. The number of fused-ring (bicyclic) bond motifs is 2. The van der Waals surface area contributed by atoms with E-state index in [-0.39, 0.29) is 32.5 Å². The molecule has 2 unspecified atom stereocenters. The second-order valence-electron chi connectivity index (χ2n) is 6.50. The fourth-order valence-electron chi connectivity index (χ4n) is 3.21. The number of aromatic nitrogens is 3. The Morgan fingerprint density at radius 3 is 2.81 bits per heavy atom. The number of para-hydroxylation sites is 2. The Morgan fingerprint density at radius 1 is 1.26 bits per heavy atom. The number of alkyl halides is 3. The lowest BCUT2D eigenvalue weighted by atomic mass is 9.99. The minimum atomic E-state index is -4.26. The number of rotatable bonds is 3. The third-order valence-electron chi connectivity index (χ3n) is 4.71. The molecule has 10 heteroatoms. The van der Waals surface area contributed by atoms with E-state index < -0.39 is 24.1 Å². The van der Waals surface area contributed by atoms with Crippen molar-refractivity contribution in [3.8, 4) is 11.5 Å². The van der Waals surface area contributed by atoms with Gasteiger partial charge in [0.25, 0.3) is 5.91 Å². The Morgan fingerprint density at radius 2 is 2.04 bits per heavy atom. The van der Waals surface area contributed by atoms with Gasteiger partial charge >= 0.3 is 6.18 Å². The smallest absolute Gasteiger partial charge is 0.393 e. The Balaban J connectivity index is 1.39. The molecule has 2 aliphatic rings. The van der Waals surface area contributed by atoms with Crippen LogP contribution in [0.1, 0.15) is 18.1 Å². The number of ether oxygens (including phenoxy) is 2. The molecular formula is C17H17F3N4O3. The Bertz CT molecular complexity index is 852. The predicted octanol–water partition coefficient (Wildman–Crippen LogP) is 1.86. The van der Waals surface area contributed by atoms with Crippen LogP contribution in [0.2, 0.25) is 0 Å². The van der Waals surface area contributed by atoms with Crippen LogP contribution in [0.3, 0.4) is 0 Å². The van der Waals surface area contributed by atoms with Crippen LogP contribution < -0.4 is 14.8 Å². The Hall–Kier alpha value is -2.78. The normalized spacial score (nSPS) is 21.4. The number of hydrogen-bond acceptors (Lipinski definition) is 5. The molecule has 0 saturated carbocycles. The van der Waals surface area contributed by atoms with Gasteiger partial charge in [-0.2, -0.15) is 13.2 Å². The van der Waals surface area contributed by atoms with E-state index in [1.165, 1.54) is 4.57 Å². The minimum Gasteiger partial charge on any atom is -0.485 e. The molecule has 2 aromatic rings. The van der Waals surface area contributed by atoms with Crippen molar-refractivity contribution in [3.05, 3.63) is 35.9 Å². The van der Waals surface area contributed by atoms with Crippen LogP contribution in [0, 0.1) is 5.92 Å². The van der Waals surface area contributed by atoms with Gasteiger partial charge in [-0.05, 0) is 18.6 Å². The molecule has 0 spiro atoms. The van der Waals surface area contributed by atoms with E-state index in [1.54, 1.807) is 24.3 Å². The summed E-state index contributed by atoms with van der Waals surface area (Å²) in [6.45, 7) is -0.206. The maximum atomic E-state index is 13.0. The van der Waals surface area contributed by atoms with Crippen molar-refractivity contribution in [1.29, 1.82) is 0 Å². The highest BCUT2D eigenvalue weighted by Crippen LogP contribution is 2.34. The Kier molecular flexibility index (Phi) is 4.40. The van der Waals surface area contributed by atoms with Crippen LogP contribution in [0.15, 0.2) is 24.3 Å². The first-order valence-electron chi connectivity index (χ1n) is 8.55. The van der Waals surface area contributed by atoms with Crippen molar-refractivity contribution in [2.45, 2.75) is 38.2 Å². The lowest BCUT2D eigenvalue weighted by molar-refractivity contribution is -0.182. The number of halogens is 3. The average molecular weight is 382 g/mol. The minimum absolute atomic E-state index is 0.000649. The zero-order valence-electron chi connectivity index (χ0n) is 14.2. The highest BCUT2D eigenvalue weighted by Gasteiger charge is 2.42. The van der Waals surface area contributed by atoms with Gasteiger partial charge in [0.05, 0.1) is 12.5 Å². The quantitative estimate of drug-likeness (QED) is 0.877. The molecule has 2 aliphatic heterocycles. The van der Waals surface area contributed by atoms with Crippen molar-refractivity contribution >= 4 is 5.91 Å². The van der Waals surface area contributed by atoms with E-state index in [0.29, 0.717) is 23.1 Å². The first kappa shape index (κ1) is 17.6. The standard InChI is InChI=1S/C17H17F3N4O3/c18-17(19,20)10-5-6-14-22-23-15(24(14)8-10)7-21-16(25)13-9-26-11-3-1-2-4-12(11)27-13/h1-4,10,13H,5-9H2,(H,21,25). The second kappa shape index (κ2) is 6.75. The highest BCUT2D eigenvalue weighted by atomic mass is 19.4. The largest absolute Gasteiger partial charge is 0.485 e. The van der Waals surface area contributed by atoms with Gasteiger partial charge in [0.15, 0.2) is 17.3 Å². The second-order valence-corrected chi connectivity index (χ2v) is 6.50. The van der Waals surface area contributed by atoms with Crippen LogP contribution in [-0.4, -0.2) is 39.6 Å². The molecule has 1 amide bonds. The SMILES string of the molecule is O=C(NCc1nnc2n1CC(C(F)(F)F)CC2)C1COc2ccccc2O1. The molecule has 27 heavy (non-hydrogen) atoms. The summed E-state index contributed by atoms with van der Waals surface area (Å²) in [6, 6.07) is 7.00. The van der Waals surface area contributed by atoms with Gasteiger partial charge in [0, 0.05) is 13.0 Å². The zero-order valence-corrected chi connectivity index (χ0v) is 14.2. The molecule has 1 aromatic carbocycles. The van der Waals surface area contributed by atoms with Crippen LogP contribution in [-0.2, 0) is 24.3 Å². The Labute approximate surface area is 152 Å². The van der Waals surface area contributed by atoms with Crippen LogP contribution in [0.4, 0.5) is 13.2 Å². The van der Waals surface area contributed by atoms with E-state index >= 15 is 0 Å². The number of carbonyl (C=O) groups is 1. The van der Waals surface area contributed by atoms with E-state index in [1.807, 2.05) is 0 Å². The molecule has 3 heterocycles. The molecule has 4 rings (SSSR count). The van der Waals surface area contributed by atoms with Crippen molar-refractivity contribution in [2.24, 2.45) is 5.92 Å². The number of nitrogens with one attached hydrogen (secondary N) is 1. The fraction of sp³-hybridized carbons (Fsp3) is 0.471. The molecule has 1 N–H and O–H groups in total. The molecule has 7 nitrogen and oxygen atoms in total. The molecule has 0 bridgehead atoms. The fourth-order valence-corrected chi connectivity index (χ4v) is 3.21. The molecule has 0 radical (unpaired) electrons. The summed E-state index contributed by atoms with van der Waals surface area (Å²) in [4.78, 5) is 12.3. The topological polar surface area (TPSA) is 78.3 Å². The number of hydrogen-bond donors (Lipinski definition) is 1. The van der Waals surface area contributed by atoms with Crippen LogP contribution >= 0.6 is 0 Å². The van der Waals surface area contributed by atoms with Gasteiger partial charge in [0.2, 0.25) is 6.10 Å². The number of carbonyl (C=O) groups excluding carboxylic acids is 1. The first-order valence-corrected chi connectivity index (χ1v) is 8.55. The predicted molar refractivity (Wildman–Crippen MR) is 86.1 cm³/mol. The summed E-state index contributed by atoms with van der Waals surface area (Å²) in [5.74, 6) is -0.0227. The number of benzene rings is 1. The summed E-state index contributed by atoms with van der Waals surface area (Å²) >= 11 is 0. The molecule has 1 aromatic heterocycles. The van der Waals surface area contributed by atoms with E-state index in [9.17, 15) is 18.0 Å². The lowest BCUT2D eigenvalue weighted by Crippen LogP contribution is -2.44. The summed E-state index contributed by atoms with van der Waals surface area (Å²) in [7, 11) is 0. The van der Waals surface area contributed by atoms with Gasteiger partial charge in [-0.1, -0.05) is 12.1 Å². The van der Waals surface area contributed by atoms with Gasteiger partial charge in [0.1, 0.15) is 12.4 Å². The molecule has 0 saturated heterocycles. The first-order chi connectivity index (χ1) is 12.9. The maximum absolute atomic E-state index is 13.0. The summed E-state index contributed by atoms with van der Waals surface area (Å²) < 4.78 is 51.5. The van der Waals surface area contributed by atoms with E-state index in [2.05, 4.69) is 15.5 Å². The number of amides is 1. The van der Waals surface area contributed by atoms with Gasteiger partial charge < -0.3 is 19.4 Å². The van der Waals surface area contributed by atoms with Gasteiger partial charge in [-0.25, -0.2) is 0 Å². The summed E-state index contributed by atoms with van der Waals surface area (Å²) in [5.41, 5.74) is 0. The van der Waals surface area contributed by atoms with Gasteiger partial charge in [-0.3, -0.25) is 4.79 Å². The van der Waals surface area contributed by atoms with Crippen molar-refractivity contribution in [1.82, 2.24) is 20.1 Å². The van der Waals surface area contributed by atoms with Crippen LogP contribution in [0.25, 0.3) is 0 Å². The van der Waals surface area contributed by atoms with Crippen molar-refractivity contribution in [2.75, 3.05) is 6.61 Å². The third-order valence-corrected chi connectivity index (χ3v) is 4.71. The summed E-state index contributed by atoms with van der Waals surface area (Å²) in [5, 5.41) is 10.5. The highest BCUT2D eigenvalue weighted by molar-refractivity contribution is 5.81. The number of nitrogens with zero attached hydrogens (tertiary/aromatic N) is 3. The molecule has 2 atom stereocenters. The molecule has 0 aliphatic carbocycles. The lowest BCUT2D eigenvalue weighted by Gasteiger charge is -2.27. The maximum Gasteiger partial charge on any atom is 0.393 e. The number of aryl methyl sites for hydroxylation is 1. The van der Waals surface area contributed by atoms with Crippen molar-refractivity contribution < 1.29 is 27.4 Å². The third kappa shape index (κ3) is 3.56. The average Bonchev–Trinajstić information content (AvgIpc) is 3.07. The van der Waals surface area contributed by atoms with Gasteiger partial charge in [-0.15, -0.1) is 10.2 Å². The summed E-state index contributed by atoms with van der Waals surface area (Å²) in [6.07, 6.45) is -4.89.